The van der Waals surface area contributed by atoms with Crippen molar-refractivity contribution in [3.8, 4) is 6.07 Å². The van der Waals surface area contributed by atoms with Crippen LogP contribution in [0.15, 0.2) is 16.5 Å². The highest BCUT2D eigenvalue weighted by molar-refractivity contribution is 8.00. The number of thiophene rings is 1. The highest BCUT2D eigenvalue weighted by Gasteiger charge is 2.07. The molecule has 0 amide bonds. The van der Waals surface area contributed by atoms with Crippen molar-refractivity contribution in [1.29, 1.82) is 5.26 Å². The molecule has 7 heteroatoms. The number of hydrogen-bond acceptors (Lipinski definition) is 7. The van der Waals surface area contributed by atoms with E-state index in [9.17, 15) is 0 Å². The Morgan fingerprint density at radius 2 is 2.18 bits per heavy atom. The largest absolute Gasteiger partial charge is 0.353 e. The number of nitrogens with zero attached hydrogens (tertiary/aromatic N) is 4. The molecule has 4 nitrogen and oxygen atoms in total. The van der Waals surface area contributed by atoms with Gasteiger partial charge in [0.15, 0.2) is 4.34 Å². The number of aromatic nitrogens is 2. The van der Waals surface area contributed by atoms with Gasteiger partial charge in [0.05, 0.1) is 0 Å². The zero-order chi connectivity index (χ0) is 12.3. The first-order valence-corrected chi connectivity index (χ1v) is 7.43. The molecule has 0 saturated heterocycles. The van der Waals surface area contributed by atoms with Gasteiger partial charge in [0.2, 0.25) is 5.13 Å². The van der Waals surface area contributed by atoms with Crippen LogP contribution in [-0.2, 0) is 5.75 Å². The summed E-state index contributed by atoms with van der Waals surface area (Å²) in [5.41, 5.74) is 0. The zero-order valence-electron chi connectivity index (χ0n) is 9.38. The van der Waals surface area contributed by atoms with Crippen LogP contribution in [0.5, 0.6) is 0 Å². The molecule has 2 heterocycles. The van der Waals surface area contributed by atoms with E-state index in [0.29, 0.717) is 0 Å². The average molecular weight is 282 g/mol. The Labute approximate surface area is 112 Å². The minimum Gasteiger partial charge on any atom is -0.353 e. The van der Waals surface area contributed by atoms with Crippen molar-refractivity contribution in [2.45, 2.75) is 10.1 Å². The van der Waals surface area contributed by atoms with Gasteiger partial charge in [-0.1, -0.05) is 23.1 Å². The Morgan fingerprint density at radius 1 is 1.35 bits per heavy atom. The molecular weight excluding hydrogens is 272 g/mol. The molecule has 88 valence electrons. The Balaban J connectivity index is 1.95. The Kier molecular flexibility index (Phi) is 3.99. The molecule has 0 spiro atoms. The van der Waals surface area contributed by atoms with E-state index in [4.69, 9.17) is 5.26 Å². The van der Waals surface area contributed by atoms with Gasteiger partial charge in [0.1, 0.15) is 10.9 Å². The van der Waals surface area contributed by atoms with E-state index in [0.717, 1.165) is 20.1 Å². The molecule has 0 fully saturated rings. The fourth-order valence-electron chi connectivity index (χ4n) is 1.09. The molecule has 0 aromatic carbocycles. The van der Waals surface area contributed by atoms with E-state index in [1.54, 1.807) is 23.1 Å². The van der Waals surface area contributed by atoms with Gasteiger partial charge in [0, 0.05) is 24.7 Å². The molecule has 0 radical (unpaired) electrons. The molecular formula is C10H10N4S3. The SMILES string of the molecule is CN(C)c1nnc(SCc2ccc(C#N)s2)s1. The van der Waals surface area contributed by atoms with Crippen LogP contribution in [-0.4, -0.2) is 24.3 Å². The van der Waals surface area contributed by atoms with Crippen molar-refractivity contribution in [3.63, 3.8) is 0 Å². The molecule has 2 aromatic rings. The zero-order valence-corrected chi connectivity index (χ0v) is 11.8. The predicted octanol–water partition coefficient (Wildman–Crippen LogP) is 2.83. The number of nitriles is 1. The summed E-state index contributed by atoms with van der Waals surface area (Å²) in [6, 6.07) is 5.99. The van der Waals surface area contributed by atoms with E-state index >= 15 is 0 Å². The van der Waals surface area contributed by atoms with Crippen molar-refractivity contribution in [3.05, 3.63) is 21.9 Å². The third-order valence-electron chi connectivity index (χ3n) is 1.89. The van der Waals surface area contributed by atoms with Gasteiger partial charge in [-0.25, -0.2) is 0 Å². The van der Waals surface area contributed by atoms with Crippen molar-refractivity contribution in [1.82, 2.24) is 10.2 Å². The molecule has 0 saturated carbocycles. The fraction of sp³-hybridized carbons (Fsp3) is 0.300. The van der Waals surface area contributed by atoms with Crippen LogP contribution < -0.4 is 4.90 Å². The number of hydrogen-bond donors (Lipinski definition) is 0. The number of anilines is 1. The van der Waals surface area contributed by atoms with Crippen molar-refractivity contribution in [2.75, 3.05) is 19.0 Å². The minimum absolute atomic E-state index is 0.756. The molecule has 2 rings (SSSR count). The maximum absolute atomic E-state index is 8.73. The van der Waals surface area contributed by atoms with Crippen LogP contribution in [0.4, 0.5) is 5.13 Å². The van der Waals surface area contributed by atoms with Crippen LogP contribution in [0.25, 0.3) is 0 Å². The number of thioether (sulfide) groups is 1. The third kappa shape index (κ3) is 3.19. The lowest BCUT2D eigenvalue weighted by Gasteiger charge is -2.03. The quantitative estimate of drug-likeness (QED) is 0.807. The van der Waals surface area contributed by atoms with E-state index in [-0.39, 0.29) is 0 Å². The van der Waals surface area contributed by atoms with Crippen molar-refractivity contribution >= 4 is 39.6 Å². The van der Waals surface area contributed by atoms with E-state index in [2.05, 4.69) is 16.3 Å². The first kappa shape index (κ1) is 12.4. The predicted molar refractivity (Wildman–Crippen MR) is 72.8 cm³/mol. The van der Waals surface area contributed by atoms with Gasteiger partial charge in [0.25, 0.3) is 0 Å². The summed E-state index contributed by atoms with van der Waals surface area (Å²) in [6.07, 6.45) is 0. The maximum atomic E-state index is 8.73. The van der Waals surface area contributed by atoms with Gasteiger partial charge in [-0.2, -0.15) is 5.26 Å². The Bertz CT molecular complexity index is 538. The second kappa shape index (κ2) is 5.49. The normalized spacial score (nSPS) is 10.2. The lowest BCUT2D eigenvalue weighted by molar-refractivity contribution is 0.973. The third-order valence-corrected chi connectivity index (χ3v) is 5.33. The molecule has 0 aliphatic carbocycles. The fourth-order valence-corrected chi connectivity index (χ4v) is 3.70. The monoisotopic (exact) mass is 282 g/mol. The second-order valence-corrected chi connectivity index (χ2v) is 6.76. The molecule has 17 heavy (non-hydrogen) atoms. The van der Waals surface area contributed by atoms with E-state index < -0.39 is 0 Å². The molecule has 0 N–H and O–H groups in total. The summed E-state index contributed by atoms with van der Waals surface area (Å²) >= 11 is 4.76. The van der Waals surface area contributed by atoms with Crippen LogP contribution in [0.2, 0.25) is 0 Å². The van der Waals surface area contributed by atoms with Gasteiger partial charge >= 0.3 is 0 Å². The van der Waals surface area contributed by atoms with Gasteiger partial charge < -0.3 is 4.90 Å². The smallest absolute Gasteiger partial charge is 0.208 e. The van der Waals surface area contributed by atoms with E-state index in [1.165, 1.54) is 16.2 Å². The van der Waals surface area contributed by atoms with Crippen LogP contribution in [0.1, 0.15) is 9.75 Å². The van der Waals surface area contributed by atoms with Crippen molar-refractivity contribution < 1.29 is 0 Å². The Morgan fingerprint density at radius 3 is 2.76 bits per heavy atom. The first-order valence-electron chi connectivity index (χ1n) is 4.81. The minimum atomic E-state index is 0.756. The van der Waals surface area contributed by atoms with Crippen LogP contribution >= 0.6 is 34.4 Å². The molecule has 0 bridgehead atoms. The summed E-state index contributed by atoms with van der Waals surface area (Å²) in [7, 11) is 3.90. The summed E-state index contributed by atoms with van der Waals surface area (Å²) < 4.78 is 0.959. The highest BCUT2D eigenvalue weighted by Crippen LogP contribution is 2.31. The molecule has 0 atom stereocenters. The molecule has 0 unspecified atom stereocenters. The highest BCUT2D eigenvalue weighted by atomic mass is 32.2. The van der Waals surface area contributed by atoms with Crippen molar-refractivity contribution in [2.24, 2.45) is 0 Å². The van der Waals surface area contributed by atoms with Crippen LogP contribution in [0.3, 0.4) is 0 Å². The summed E-state index contributed by atoms with van der Waals surface area (Å²) in [5.74, 6) is 0.842. The standard InChI is InChI=1S/C10H10N4S3/c1-14(2)9-12-13-10(17-9)15-6-8-4-3-7(5-11)16-8/h3-4H,6H2,1-2H3. The lowest BCUT2D eigenvalue weighted by atomic mass is 10.4. The van der Waals surface area contributed by atoms with Gasteiger partial charge in [-0.3, -0.25) is 0 Å². The Hall–Kier alpha value is -1.10. The average Bonchev–Trinajstić information content (AvgIpc) is 2.95. The van der Waals surface area contributed by atoms with Gasteiger partial charge in [-0.15, -0.1) is 21.5 Å². The second-order valence-electron chi connectivity index (χ2n) is 3.41. The van der Waals surface area contributed by atoms with E-state index in [1.807, 2.05) is 31.1 Å². The topological polar surface area (TPSA) is 52.8 Å². The summed E-state index contributed by atoms with van der Waals surface area (Å²) in [6.45, 7) is 0. The lowest BCUT2D eigenvalue weighted by Crippen LogP contribution is -2.07. The maximum Gasteiger partial charge on any atom is 0.208 e. The van der Waals surface area contributed by atoms with Gasteiger partial charge in [-0.05, 0) is 12.1 Å². The number of rotatable bonds is 4. The first-order chi connectivity index (χ1) is 8.19. The molecule has 2 aromatic heterocycles. The van der Waals surface area contributed by atoms with Crippen LogP contribution in [0, 0.1) is 11.3 Å². The summed E-state index contributed by atoms with van der Waals surface area (Å²) in [4.78, 5) is 3.89. The molecule has 0 aliphatic heterocycles. The summed E-state index contributed by atoms with van der Waals surface area (Å²) in [5, 5.41) is 17.8. The molecule has 0 aliphatic rings.